The lowest BCUT2D eigenvalue weighted by Crippen LogP contribution is -2.56. The van der Waals surface area contributed by atoms with Gasteiger partial charge in [-0.3, -0.25) is 14.3 Å². The minimum atomic E-state index is -0.869. The normalized spacial score (nSPS) is 21.4. The minimum Gasteiger partial charge on any atom is -0.485 e. The average Bonchev–Trinajstić information content (AvgIpc) is 3.62. The monoisotopic (exact) mass is 524 g/mol. The van der Waals surface area contributed by atoms with E-state index < -0.39 is 11.4 Å². The number of ether oxygens (including phenoxy) is 1. The Morgan fingerprint density at radius 3 is 2.54 bits per heavy atom. The van der Waals surface area contributed by atoms with E-state index in [1.165, 1.54) is 0 Å². The molecular weight excluding hydrogens is 492 g/mol. The van der Waals surface area contributed by atoms with Crippen LogP contribution in [-0.4, -0.2) is 50.1 Å². The first-order valence-electron chi connectivity index (χ1n) is 13.1. The molecule has 2 amide bonds. The van der Waals surface area contributed by atoms with Crippen LogP contribution in [0, 0.1) is 0 Å². The molecule has 1 aliphatic heterocycles. The van der Waals surface area contributed by atoms with Crippen molar-refractivity contribution in [3.63, 3.8) is 0 Å². The lowest BCUT2D eigenvalue weighted by Gasteiger charge is -2.31. The molecule has 0 saturated carbocycles. The molecule has 2 N–H and O–H groups in total. The maximum atomic E-state index is 13.7. The van der Waals surface area contributed by atoms with E-state index in [0.29, 0.717) is 25.1 Å². The Bertz CT molecular complexity index is 1420. The zero-order valence-electron chi connectivity index (χ0n) is 21.9. The van der Waals surface area contributed by atoms with Crippen molar-refractivity contribution in [3.05, 3.63) is 109 Å². The number of aromatic nitrogens is 4. The van der Waals surface area contributed by atoms with Crippen molar-refractivity contribution < 1.29 is 14.3 Å². The van der Waals surface area contributed by atoms with Crippen LogP contribution in [0.3, 0.4) is 0 Å². The van der Waals surface area contributed by atoms with E-state index in [-0.39, 0.29) is 30.7 Å². The van der Waals surface area contributed by atoms with Crippen LogP contribution in [0.2, 0.25) is 0 Å². The SMILES string of the molecule is CC1(Cn2cccn2)CNC(=O)C(c2ccccc2)CC/C=C\COc2cn(-c3ccccc3)nc2C(=O)N1. The maximum absolute atomic E-state index is 13.7. The molecule has 0 aliphatic carbocycles. The van der Waals surface area contributed by atoms with E-state index in [4.69, 9.17) is 4.74 Å². The quantitative estimate of drug-likeness (QED) is 0.395. The van der Waals surface area contributed by atoms with Crippen molar-refractivity contribution >= 4 is 11.8 Å². The predicted octanol–water partition coefficient (Wildman–Crippen LogP) is 3.89. The molecule has 2 atom stereocenters. The van der Waals surface area contributed by atoms with E-state index in [2.05, 4.69) is 20.8 Å². The molecule has 0 spiro atoms. The minimum absolute atomic E-state index is 0.0873. The van der Waals surface area contributed by atoms with Gasteiger partial charge in [0.15, 0.2) is 11.4 Å². The zero-order valence-corrected chi connectivity index (χ0v) is 21.9. The van der Waals surface area contributed by atoms with Gasteiger partial charge in [0, 0.05) is 18.9 Å². The lowest BCUT2D eigenvalue weighted by molar-refractivity contribution is -0.123. The molecule has 0 saturated heterocycles. The first-order valence-corrected chi connectivity index (χ1v) is 13.1. The van der Waals surface area contributed by atoms with E-state index in [9.17, 15) is 9.59 Å². The Morgan fingerprint density at radius 1 is 1.03 bits per heavy atom. The average molecular weight is 525 g/mol. The molecular formula is C30H32N6O3. The first-order chi connectivity index (χ1) is 19.0. The molecule has 9 nitrogen and oxygen atoms in total. The van der Waals surface area contributed by atoms with Gasteiger partial charge >= 0.3 is 0 Å². The number of carbonyl (C=O) groups is 2. The summed E-state index contributed by atoms with van der Waals surface area (Å²) in [5.74, 6) is -0.432. The van der Waals surface area contributed by atoms with E-state index in [1.807, 2.05) is 92.0 Å². The summed E-state index contributed by atoms with van der Waals surface area (Å²) in [5.41, 5.74) is 1.07. The third-order valence-electron chi connectivity index (χ3n) is 6.70. The molecule has 200 valence electrons. The van der Waals surface area contributed by atoms with Crippen LogP contribution in [0.1, 0.15) is 41.7 Å². The number of para-hydroxylation sites is 1. The molecule has 0 radical (unpaired) electrons. The summed E-state index contributed by atoms with van der Waals surface area (Å²) >= 11 is 0. The number of fused-ring (bicyclic) bond motifs is 1. The molecule has 0 bridgehead atoms. The fourth-order valence-corrected chi connectivity index (χ4v) is 4.69. The van der Waals surface area contributed by atoms with Gasteiger partial charge in [-0.05, 0) is 43.5 Å². The number of nitrogens with zero attached hydrogens (tertiary/aromatic N) is 4. The highest BCUT2D eigenvalue weighted by Crippen LogP contribution is 2.24. The summed E-state index contributed by atoms with van der Waals surface area (Å²) in [5, 5.41) is 15.1. The number of carbonyl (C=O) groups excluding carboxylic acids is 2. The summed E-state index contributed by atoms with van der Waals surface area (Å²) in [6.45, 7) is 2.71. The third-order valence-corrected chi connectivity index (χ3v) is 6.70. The summed E-state index contributed by atoms with van der Waals surface area (Å²) < 4.78 is 9.38. The molecule has 3 heterocycles. The lowest BCUT2D eigenvalue weighted by atomic mass is 9.92. The molecule has 5 rings (SSSR count). The van der Waals surface area contributed by atoms with Gasteiger partial charge in [0.2, 0.25) is 5.91 Å². The Hall–Kier alpha value is -4.66. The highest BCUT2D eigenvalue weighted by atomic mass is 16.5. The van der Waals surface area contributed by atoms with Crippen LogP contribution in [0.25, 0.3) is 5.69 Å². The highest BCUT2D eigenvalue weighted by Gasteiger charge is 2.32. The number of amides is 2. The topological polar surface area (TPSA) is 103 Å². The van der Waals surface area contributed by atoms with Gasteiger partial charge in [-0.2, -0.15) is 10.2 Å². The smallest absolute Gasteiger partial charge is 0.276 e. The van der Waals surface area contributed by atoms with Gasteiger partial charge in [-0.1, -0.05) is 60.7 Å². The second kappa shape index (κ2) is 11.8. The van der Waals surface area contributed by atoms with Crippen LogP contribution in [0.5, 0.6) is 5.75 Å². The molecule has 0 fully saturated rings. The van der Waals surface area contributed by atoms with E-state index in [1.54, 1.807) is 21.8 Å². The van der Waals surface area contributed by atoms with Crippen LogP contribution in [-0.2, 0) is 11.3 Å². The van der Waals surface area contributed by atoms with Gasteiger partial charge in [0.05, 0.1) is 29.9 Å². The summed E-state index contributed by atoms with van der Waals surface area (Å²) in [6.07, 6.45) is 10.5. The molecule has 1 aliphatic rings. The summed E-state index contributed by atoms with van der Waals surface area (Å²) in [6, 6.07) is 21.1. The van der Waals surface area contributed by atoms with Crippen molar-refractivity contribution in [1.29, 1.82) is 0 Å². The largest absolute Gasteiger partial charge is 0.485 e. The molecule has 4 aromatic rings. The van der Waals surface area contributed by atoms with Crippen LogP contribution in [0.15, 0.2) is 97.5 Å². The van der Waals surface area contributed by atoms with Crippen LogP contribution >= 0.6 is 0 Å². The Balaban J connectivity index is 1.47. The summed E-state index contributed by atoms with van der Waals surface area (Å²) in [4.78, 5) is 27.1. The van der Waals surface area contributed by atoms with Gasteiger partial charge in [0.25, 0.3) is 5.91 Å². The standard InChI is InChI=1S/C30H32N6O3/c1-30(22-35-18-11-17-32-35)21-31-28(37)25(23-12-5-2-6-13-23)16-9-4-10-19-39-26-20-36(24-14-7-3-8-15-24)34-27(26)29(38)33-30/h2-8,10-15,17-18,20,25H,9,16,19,21-22H2,1H3,(H,31,37)(H,33,38)/b10-4-. The molecule has 39 heavy (non-hydrogen) atoms. The fourth-order valence-electron chi connectivity index (χ4n) is 4.69. The first kappa shape index (κ1) is 26.0. The zero-order chi connectivity index (χ0) is 27.1. The van der Waals surface area contributed by atoms with Gasteiger partial charge < -0.3 is 15.4 Å². The number of rotatable bonds is 4. The number of benzene rings is 2. The van der Waals surface area contributed by atoms with Crippen LogP contribution < -0.4 is 15.4 Å². The number of hydrogen-bond acceptors (Lipinski definition) is 5. The van der Waals surface area contributed by atoms with E-state index in [0.717, 1.165) is 11.3 Å². The van der Waals surface area contributed by atoms with Crippen LogP contribution in [0.4, 0.5) is 0 Å². The summed E-state index contributed by atoms with van der Waals surface area (Å²) in [7, 11) is 0. The Labute approximate surface area is 227 Å². The van der Waals surface area contributed by atoms with Gasteiger partial charge in [0.1, 0.15) is 6.61 Å². The molecule has 2 aromatic heterocycles. The fraction of sp³-hybridized carbons (Fsp3) is 0.267. The molecule has 9 heteroatoms. The highest BCUT2D eigenvalue weighted by molar-refractivity contribution is 5.95. The Morgan fingerprint density at radius 2 is 1.79 bits per heavy atom. The number of hydrogen-bond donors (Lipinski definition) is 2. The van der Waals surface area contributed by atoms with Crippen molar-refractivity contribution in [2.45, 2.75) is 37.8 Å². The Kier molecular flexibility index (Phi) is 7.86. The maximum Gasteiger partial charge on any atom is 0.276 e. The molecule has 2 unspecified atom stereocenters. The second-order valence-corrected chi connectivity index (χ2v) is 9.88. The van der Waals surface area contributed by atoms with Crippen molar-refractivity contribution in [2.24, 2.45) is 0 Å². The van der Waals surface area contributed by atoms with Crippen molar-refractivity contribution in [2.75, 3.05) is 13.2 Å². The second-order valence-electron chi connectivity index (χ2n) is 9.88. The predicted molar refractivity (Wildman–Crippen MR) is 148 cm³/mol. The van der Waals surface area contributed by atoms with Gasteiger partial charge in [-0.25, -0.2) is 4.68 Å². The van der Waals surface area contributed by atoms with Crippen molar-refractivity contribution in [3.8, 4) is 11.4 Å². The van der Waals surface area contributed by atoms with Gasteiger partial charge in [-0.15, -0.1) is 0 Å². The molecule has 2 aromatic carbocycles. The number of nitrogens with one attached hydrogen (secondary N) is 2. The van der Waals surface area contributed by atoms with E-state index >= 15 is 0 Å². The van der Waals surface area contributed by atoms with Crippen molar-refractivity contribution in [1.82, 2.24) is 30.2 Å². The number of allylic oxidation sites excluding steroid dienone is 1. The third kappa shape index (κ3) is 6.43.